The Labute approximate surface area is 169 Å². The van der Waals surface area contributed by atoms with Crippen molar-refractivity contribution < 1.29 is 14.6 Å². The fourth-order valence-corrected chi connectivity index (χ4v) is 3.68. The summed E-state index contributed by atoms with van der Waals surface area (Å²) in [6.07, 6.45) is 0.680. The van der Waals surface area contributed by atoms with Gasteiger partial charge in [0.25, 0.3) is 0 Å². The fourth-order valence-electron chi connectivity index (χ4n) is 2.37. The first-order chi connectivity index (χ1) is 13.0. The van der Waals surface area contributed by atoms with Crippen molar-refractivity contribution in [3.63, 3.8) is 0 Å². The number of hydrogen-bond donors (Lipinski definition) is 2. The maximum absolute atomic E-state index is 11.1. The lowest BCUT2D eigenvalue weighted by Gasteiger charge is -2.09. The molecule has 0 radical (unpaired) electrons. The molecule has 2 aromatic heterocycles. The van der Waals surface area contributed by atoms with E-state index < -0.39 is 5.97 Å². The van der Waals surface area contributed by atoms with Crippen LogP contribution in [0.15, 0.2) is 36.4 Å². The number of ether oxygens (including phenoxy) is 1. The smallest absolute Gasteiger partial charge is 0.345 e. The van der Waals surface area contributed by atoms with Gasteiger partial charge in [-0.05, 0) is 36.2 Å². The molecule has 0 atom stereocenters. The van der Waals surface area contributed by atoms with Gasteiger partial charge in [-0.1, -0.05) is 29.3 Å². The third-order valence-corrected chi connectivity index (χ3v) is 5.36. The summed E-state index contributed by atoms with van der Waals surface area (Å²) >= 11 is 13.2. The van der Waals surface area contributed by atoms with Gasteiger partial charge in [-0.2, -0.15) is 9.97 Å². The number of benzene rings is 1. The average molecular weight is 424 g/mol. The second-order valence-electron chi connectivity index (χ2n) is 5.51. The van der Waals surface area contributed by atoms with Gasteiger partial charge in [0.1, 0.15) is 10.7 Å². The van der Waals surface area contributed by atoms with Crippen LogP contribution < -0.4 is 10.1 Å². The molecule has 140 valence electrons. The van der Waals surface area contributed by atoms with Gasteiger partial charge < -0.3 is 15.2 Å². The van der Waals surface area contributed by atoms with Gasteiger partial charge in [0.15, 0.2) is 0 Å². The molecule has 0 spiro atoms. The zero-order valence-electron chi connectivity index (χ0n) is 14.2. The van der Waals surface area contributed by atoms with Crippen molar-refractivity contribution >= 4 is 46.3 Å². The summed E-state index contributed by atoms with van der Waals surface area (Å²) < 4.78 is 5.16. The number of nitrogens with zero attached hydrogens (tertiary/aromatic N) is 2. The first-order valence-electron chi connectivity index (χ1n) is 7.90. The summed E-state index contributed by atoms with van der Waals surface area (Å²) in [5.41, 5.74) is 1.56. The number of anilines is 1. The number of nitrogens with one attached hydrogen (secondary N) is 1. The highest BCUT2D eigenvalue weighted by molar-refractivity contribution is 7.17. The Balaban J connectivity index is 1.75. The van der Waals surface area contributed by atoms with Gasteiger partial charge in [-0.3, -0.25) is 0 Å². The number of methoxy groups -OCH3 is 1. The van der Waals surface area contributed by atoms with Crippen LogP contribution in [0.4, 0.5) is 5.82 Å². The van der Waals surface area contributed by atoms with Crippen molar-refractivity contribution in [1.82, 2.24) is 9.97 Å². The van der Waals surface area contributed by atoms with Gasteiger partial charge in [0.05, 0.1) is 17.7 Å². The van der Waals surface area contributed by atoms with Crippen LogP contribution >= 0.6 is 34.5 Å². The van der Waals surface area contributed by atoms with Crippen LogP contribution in [0.2, 0.25) is 10.0 Å². The largest absolute Gasteiger partial charge is 0.477 e. The lowest BCUT2D eigenvalue weighted by molar-refractivity contribution is 0.0702. The molecule has 0 aliphatic heterocycles. The van der Waals surface area contributed by atoms with E-state index in [9.17, 15) is 4.79 Å². The molecule has 27 heavy (non-hydrogen) atoms. The zero-order chi connectivity index (χ0) is 19.4. The molecule has 3 rings (SSSR count). The highest BCUT2D eigenvalue weighted by Gasteiger charge is 2.12. The minimum Gasteiger partial charge on any atom is -0.477 e. The van der Waals surface area contributed by atoms with Gasteiger partial charge in [-0.25, -0.2) is 4.79 Å². The van der Waals surface area contributed by atoms with E-state index in [-0.39, 0.29) is 10.9 Å². The van der Waals surface area contributed by atoms with E-state index in [2.05, 4.69) is 15.3 Å². The predicted octanol–water partition coefficient (Wildman–Crippen LogP) is 4.87. The highest BCUT2D eigenvalue weighted by Crippen LogP contribution is 2.29. The second-order valence-corrected chi connectivity index (χ2v) is 7.43. The van der Waals surface area contributed by atoms with Gasteiger partial charge >= 0.3 is 12.0 Å². The first kappa shape index (κ1) is 19.4. The Morgan fingerprint density at radius 2 is 2.04 bits per heavy atom. The lowest BCUT2D eigenvalue weighted by Crippen LogP contribution is -2.08. The first-order valence-corrected chi connectivity index (χ1v) is 9.48. The molecule has 0 amide bonds. The van der Waals surface area contributed by atoms with Crippen LogP contribution in [-0.2, 0) is 6.42 Å². The standard InChI is InChI=1S/C18H15Cl2N3O3S/c1-26-18-22-13(14-4-5-15(27-14)17(24)25)9-16(23-18)21-7-6-10-2-3-11(19)8-12(10)20/h2-5,8-9H,6-7H2,1H3,(H,24,25)(H,21,22,23). The topological polar surface area (TPSA) is 84.3 Å². The lowest BCUT2D eigenvalue weighted by atomic mass is 10.1. The van der Waals surface area contributed by atoms with Crippen molar-refractivity contribution in [1.29, 1.82) is 0 Å². The van der Waals surface area contributed by atoms with Gasteiger partial charge in [0, 0.05) is 22.7 Å². The second kappa shape index (κ2) is 8.56. The highest BCUT2D eigenvalue weighted by atomic mass is 35.5. The third kappa shape index (κ3) is 4.88. The van der Waals surface area contributed by atoms with E-state index in [0.717, 1.165) is 21.8 Å². The number of carboxylic acid groups (broad SMARTS) is 1. The third-order valence-electron chi connectivity index (χ3n) is 3.67. The molecule has 0 fully saturated rings. The van der Waals surface area contributed by atoms with Gasteiger partial charge in [0.2, 0.25) is 0 Å². The molecule has 1 aromatic carbocycles. The monoisotopic (exact) mass is 423 g/mol. The Kier molecular flexibility index (Phi) is 6.15. The molecule has 3 aromatic rings. The summed E-state index contributed by atoms with van der Waals surface area (Å²) in [6, 6.07) is 10.6. The van der Waals surface area contributed by atoms with Crippen molar-refractivity contribution in [2.24, 2.45) is 0 Å². The maximum Gasteiger partial charge on any atom is 0.345 e. The summed E-state index contributed by atoms with van der Waals surface area (Å²) in [5.74, 6) is -0.391. The molecule has 0 aliphatic carbocycles. The molecule has 0 aliphatic rings. The van der Waals surface area contributed by atoms with Crippen LogP contribution in [0.3, 0.4) is 0 Å². The van der Waals surface area contributed by atoms with E-state index in [1.807, 2.05) is 6.07 Å². The molecule has 0 saturated heterocycles. The van der Waals surface area contributed by atoms with E-state index in [1.165, 1.54) is 7.11 Å². The number of aromatic carboxylic acids is 1. The summed E-state index contributed by atoms with van der Waals surface area (Å²) in [7, 11) is 1.48. The molecule has 2 heterocycles. The zero-order valence-corrected chi connectivity index (χ0v) is 16.5. The molecule has 9 heteroatoms. The summed E-state index contributed by atoms with van der Waals surface area (Å²) in [6.45, 7) is 0.589. The van der Waals surface area contributed by atoms with E-state index in [0.29, 0.717) is 34.5 Å². The van der Waals surface area contributed by atoms with Crippen molar-refractivity contribution in [2.45, 2.75) is 6.42 Å². The van der Waals surface area contributed by atoms with Crippen molar-refractivity contribution in [3.8, 4) is 16.6 Å². The van der Waals surface area contributed by atoms with Crippen LogP contribution in [0.1, 0.15) is 15.2 Å². The Bertz CT molecular complexity index is 978. The normalized spacial score (nSPS) is 10.6. The molecular formula is C18H15Cl2N3O3S. The number of aromatic nitrogens is 2. The maximum atomic E-state index is 11.1. The fraction of sp³-hybridized carbons (Fsp3) is 0.167. The van der Waals surface area contributed by atoms with E-state index in [4.69, 9.17) is 33.0 Å². The molecule has 6 nitrogen and oxygen atoms in total. The Morgan fingerprint density at radius 1 is 1.22 bits per heavy atom. The molecule has 0 saturated carbocycles. The minimum atomic E-state index is -0.967. The number of rotatable bonds is 7. The van der Waals surface area contributed by atoms with E-state index in [1.54, 1.807) is 30.3 Å². The Morgan fingerprint density at radius 3 is 2.70 bits per heavy atom. The van der Waals surface area contributed by atoms with Crippen molar-refractivity contribution in [2.75, 3.05) is 19.0 Å². The SMILES string of the molecule is COc1nc(NCCc2ccc(Cl)cc2Cl)cc(-c2ccc(C(=O)O)s2)n1. The minimum absolute atomic E-state index is 0.199. The summed E-state index contributed by atoms with van der Waals surface area (Å²) in [5, 5.41) is 13.5. The number of hydrogen-bond acceptors (Lipinski definition) is 6. The molecular weight excluding hydrogens is 409 g/mol. The van der Waals surface area contributed by atoms with Gasteiger partial charge in [-0.15, -0.1) is 11.3 Å². The summed E-state index contributed by atoms with van der Waals surface area (Å²) in [4.78, 5) is 20.6. The quantitative estimate of drug-likeness (QED) is 0.563. The number of thiophene rings is 1. The van der Waals surface area contributed by atoms with Crippen LogP contribution in [0.25, 0.3) is 10.6 Å². The van der Waals surface area contributed by atoms with Crippen LogP contribution in [-0.4, -0.2) is 34.7 Å². The number of halogens is 2. The average Bonchev–Trinajstić information content (AvgIpc) is 3.14. The number of carboxylic acids is 1. The Hall–Kier alpha value is -2.35. The predicted molar refractivity (Wildman–Crippen MR) is 108 cm³/mol. The molecule has 0 unspecified atom stereocenters. The molecule has 2 N–H and O–H groups in total. The van der Waals surface area contributed by atoms with E-state index >= 15 is 0 Å². The van der Waals surface area contributed by atoms with Crippen LogP contribution in [0.5, 0.6) is 6.01 Å². The van der Waals surface area contributed by atoms with Crippen LogP contribution in [0, 0.1) is 0 Å². The number of carbonyl (C=O) groups is 1. The molecule has 0 bridgehead atoms. The van der Waals surface area contributed by atoms with Crippen molar-refractivity contribution in [3.05, 3.63) is 56.9 Å².